The summed E-state index contributed by atoms with van der Waals surface area (Å²) in [5.41, 5.74) is 7.38. The summed E-state index contributed by atoms with van der Waals surface area (Å²) in [5, 5.41) is 0.866. The second-order valence-corrected chi connectivity index (χ2v) is 9.12. The van der Waals surface area contributed by atoms with Gasteiger partial charge in [-0.2, -0.15) is 0 Å². The van der Waals surface area contributed by atoms with Gasteiger partial charge in [-0.15, -0.1) is 11.3 Å². The van der Waals surface area contributed by atoms with Gasteiger partial charge in [-0.05, 0) is 11.6 Å². The molecule has 1 spiro atoms. The lowest BCUT2D eigenvalue weighted by Crippen LogP contribution is -2.49. The van der Waals surface area contributed by atoms with Crippen LogP contribution in [0.25, 0.3) is 10.2 Å². The average Bonchev–Trinajstić information content (AvgIpc) is 3.30. The second kappa shape index (κ2) is 8.51. The molecular formula is C21H27N3O6S. The maximum absolute atomic E-state index is 11.4. The monoisotopic (exact) mass is 449 g/mol. The molecule has 2 aromatic rings. The molecule has 0 aliphatic carbocycles. The van der Waals surface area contributed by atoms with E-state index >= 15 is 0 Å². The first-order chi connectivity index (χ1) is 15.1. The van der Waals surface area contributed by atoms with Crippen LogP contribution in [0, 0.1) is 0 Å². The number of nitrogens with two attached hydrogens (primary N) is 1. The van der Waals surface area contributed by atoms with Crippen molar-refractivity contribution in [2.45, 2.75) is 30.7 Å². The fourth-order valence-corrected chi connectivity index (χ4v) is 5.64. The zero-order valence-electron chi connectivity index (χ0n) is 17.5. The molecule has 0 saturated carbocycles. The number of likely N-dealkylation sites (tertiary alicyclic amines) is 1. The van der Waals surface area contributed by atoms with E-state index in [0.717, 1.165) is 26.5 Å². The van der Waals surface area contributed by atoms with Crippen LogP contribution >= 0.6 is 11.3 Å². The molecule has 0 bridgehead atoms. The zero-order valence-corrected chi connectivity index (χ0v) is 18.3. The van der Waals surface area contributed by atoms with Crippen molar-refractivity contribution in [2.24, 2.45) is 5.73 Å². The number of hydrogen-bond acceptors (Lipinski definition) is 8. The lowest BCUT2D eigenvalue weighted by Gasteiger charge is -2.37. The fourth-order valence-electron chi connectivity index (χ4n) is 4.45. The number of primary amides is 1. The van der Waals surface area contributed by atoms with Crippen LogP contribution in [0.4, 0.5) is 4.79 Å². The molecule has 168 valence electrons. The van der Waals surface area contributed by atoms with E-state index in [1.807, 2.05) is 6.07 Å². The maximum atomic E-state index is 11.4. The van der Waals surface area contributed by atoms with Crippen molar-refractivity contribution < 1.29 is 28.5 Å². The summed E-state index contributed by atoms with van der Waals surface area (Å²) in [6.07, 6.45) is 0.947. The predicted molar refractivity (Wildman–Crippen MR) is 113 cm³/mol. The molecule has 31 heavy (non-hydrogen) atoms. The summed E-state index contributed by atoms with van der Waals surface area (Å²) >= 11 is 1.61. The molecular weight excluding hydrogens is 422 g/mol. The Kier molecular flexibility index (Phi) is 5.74. The summed E-state index contributed by atoms with van der Waals surface area (Å²) in [6, 6.07) is 3.64. The number of methoxy groups -OCH3 is 1. The summed E-state index contributed by atoms with van der Waals surface area (Å²) in [7, 11) is 1.65. The van der Waals surface area contributed by atoms with Crippen LogP contribution in [0.1, 0.15) is 35.4 Å². The Morgan fingerprint density at radius 2 is 1.97 bits per heavy atom. The highest BCUT2D eigenvalue weighted by molar-refractivity contribution is 7.18. The van der Waals surface area contributed by atoms with E-state index in [-0.39, 0.29) is 12.0 Å². The van der Waals surface area contributed by atoms with Gasteiger partial charge < -0.3 is 34.3 Å². The number of carbonyl (C=O) groups is 1. The van der Waals surface area contributed by atoms with Gasteiger partial charge in [-0.25, -0.2) is 9.78 Å². The van der Waals surface area contributed by atoms with Crippen LogP contribution in [0.2, 0.25) is 0 Å². The van der Waals surface area contributed by atoms with E-state index in [0.29, 0.717) is 59.0 Å². The number of urea groups is 1. The molecule has 3 aliphatic heterocycles. The van der Waals surface area contributed by atoms with Gasteiger partial charge in [0.15, 0.2) is 5.79 Å². The highest BCUT2D eigenvalue weighted by Gasteiger charge is 2.45. The van der Waals surface area contributed by atoms with Crippen LogP contribution in [-0.4, -0.2) is 74.9 Å². The number of thiazole rings is 1. The van der Waals surface area contributed by atoms with Crippen molar-refractivity contribution in [3.63, 3.8) is 0 Å². The number of carbonyl (C=O) groups excluding carboxylic acids is 1. The number of fused-ring (bicyclic) bond motifs is 1. The van der Waals surface area contributed by atoms with E-state index in [4.69, 9.17) is 34.4 Å². The van der Waals surface area contributed by atoms with Gasteiger partial charge in [-0.3, -0.25) is 0 Å². The van der Waals surface area contributed by atoms with Gasteiger partial charge in [0, 0.05) is 31.8 Å². The SMILES string of the molecule is COc1ccc(C2COCCOC2)c2sc(C3COC4(CCN(C(N)=O)CC4)O3)nc12. The smallest absolute Gasteiger partial charge is 0.314 e. The number of rotatable bonds is 3. The van der Waals surface area contributed by atoms with E-state index in [1.165, 1.54) is 0 Å². The van der Waals surface area contributed by atoms with Crippen molar-refractivity contribution in [3.8, 4) is 5.75 Å². The van der Waals surface area contributed by atoms with Gasteiger partial charge in [0.1, 0.15) is 22.4 Å². The average molecular weight is 450 g/mol. The summed E-state index contributed by atoms with van der Waals surface area (Å²) in [4.78, 5) is 17.9. The molecule has 2 N–H and O–H groups in total. The summed E-state index contributed by atoms with van der Waals surface area (Å²) in [6.45, 7) is 3.97. The van der Waals surface area contributed by atoms with Crippen molar-refractivity contribution in [3.05, 3.63) is 22.7 Å². The number of amides is 2. The molecule has 1 unspecified atom stereocenters. The predicted octanol–water partition coefficient (Wildman–Crippen LogP) is 2.39. The minimum Gasteiger partial charge on any atom is -0.494 e. The molecule has 1 aromatic heterocycles. The van der Waals surface area contributed by atoms with Crippen LogP contribution in [0.5, 0.6) is 5.75 Å². The van der Waals surface area contributed by atoms with Crippen molar-refractivity contribution >= 4 is 27.6 Å². The Balaban J connectivity index is 1.41. The molecule has 9 nitrogen and oxygen atoms in total. The normalized spacial score (nSPS) is 24.5. The number of aromatic nitrogens is 1. The highest BCUT2D eigenvalue weighted by atomic mass is 32.1. The molecule has 10 heteroatoms. The van der Waals surface area contributed by atoms with Crippen molar-refractivity contribution in [1.29, 1.82) is 0 Å². The minimum atomic E-state index is -0.676. The molecule has 3 aliphatic rings. The lowest BCUT2D eigenvalue weighted by atomic mass is 10.00. The number of nitrogens with zero attached hydrogens (tertiary/aromatic N) is 2. The number of ether oxygens (including phenoxy) is 5. The van der Waals surface area contributed by atoms with Crippen LogP contribution in [0.3, 0.4) is 0 Å². The van der Waals surface area contributed by atoms with Gasteiger partial charge in [0.05, 0.1) is 44.8 Å². The lowest BCUT2D eigenvalue weighted by molar-refractivity contribution is -0.192. The number of hydrogen-bond donors (Lipinski definition) is 1. The summed E-state index contributed by atoms with van der Waals surface area (Å²) < 4.78 is 30.5. The van der Waals surface area contributed by atoms with Gasteiger partial charge in [-0.1, -0.05) is 6.07 Å². The van der Waals surface area contributed by atoms with Gasteiger partial charge >= 0.3 is 6.03 Å². The largest absolute Gasteiger partial charge is 0.494 e. The van der Waals surface area contributed by atoms with E-state index in [2.05, 4.69) is 6.07 Å². The highest BCUT2D eigenvalue weighted by Crippen LogP contribution is 2.44. The maximum Gasteiger partial charge on any atom is 0.314 e. The molecule has 0 radical (unpaired) electrons. The topological polar surface area (TPSA) is 105 Å². The fraction of sp³-hybridized carbons (Fsp3) is 0.619. The third kappa shape index (κ3) is 3.98. The standard InChI is InChI=1S/C21H27N3O6S/c1-26-15-3-2-14(13-10-27-8-9-28-11-13)18-17(15)23-19(31-18)16-12-29-21(30-16)4-6-24(7-5-21)20(22)25/h2-3,13,16H,4-12H2,1H3,(H2,22,25). The first-order valence-corrected chi connectivity index (χ1v) is 11.4. The molecule has 2 amide bonds. The van der Waals surface area contributed by atoms with Gasteiger partial charge in [0.25, 0.3) is 0 Å². The number of benzene rings is 1. The Hall–Kier alpha value is -1.98. The Morgan fingerprint density at radius 3 is 2.65 bits per heavy atom. The minimum absolute atomic E-state index is 0.148. The molecule has 1 aromatic carbocycles. The number of piperidine rings is 1. The Bertz CT molecular complexity index is 950. The third-order valence-corrected chi connectivity index (χ3v) is 7.39. The van der Waals surface area contributed by atoms with Crippen molar-refractivity contribution in [2.75, 3.05) is 53.2 Å². The Labute approximate surface area is 184 Å². The van der Waals surface area contributed by atoms with Crippen LogP contribution < -0.4 is 10.5 Å². The second-order valence-electron chi connectivity index (χ2n) is 8.09. The quantitative estimate of drug-likeness (QED) is 0.767. The van der Waals surface area contributed by atoms with E-state index in [9.17, 15) is 4.79 Å². The molecule has 3 fully saturated rings. The van der Waals surface area contributed by atoms with Crippen LogP contribution in [0.15, 0.2) is 12.1 Å². The molecule has 5 rings (SSSR count). The first-order valence-electron chi connectivity index (χ1n) is 10.6. The molecule has 4 heterocycles. The van der Waals surface area contributed by atoms with Crippen LogP contribution in [-0.2, 0) is 18.9 Å². The zero-order chi connectivity index (χ0) is 21.4. The van der Waals surface area contributed by atoms with E-state index < -0.39 is 11.8 Å². The molecule has 1 atom stereocenters. The van der Waals surface area contributed by atoms with Gasteiger partial charge in [0.2, 0.25) is 0 Å². The van der Waals surface area contributed by atoms with Crippen molar-refractivity contribution in [1.82, 2.24) is 9.88 Å². The summed E-state index contributed by atoms with van der Waals surface area (Å²) in [5.74, 6) is 0.208. The first kappa shape index (κ1) is 20.9. The van der Waals surface area contributed by atoms with E-state index in [1.54, 1.807) is 23.3 Å². The molecule has 3 saturated heterocycles. The third-order valence-electron chi connectivity index (χ3n) is 6.19. The Morgan fingerprint density at radius 1 is 1.23 bits per heavy atom.